The van der Waals surface area contributed by atoms with E-state index in [1.807, 2.05) is 0 Å². The quantitative estimate of drug-likeness (QED) is 0.848. The van der Waals surface area contributed by atoms with Gasteiger partial charge in [-0.1, -0.05) is 0 Å². The van der Waals surface area contributed by atoms with Crippen LogP contribution in [0, 0.1) is 0 Å². The molecular weight excluding hydrogens is 354 g/mol. The molecular formula is C20H27N7O. The molecule has 1 aliphatic carbocycles. The fourth-order valence-corrected chi connectivity index (χ4v) is 4.81. The topological polar surface area (TPSA) is 79.2 Å². The highest BCUT2D eigenvalue weighted by atomic mass is 16.1. The van der Waals surface area contributed by atoms with E-state index in [-0.39, 0.29) is 11.9 Å². The van der Waals surface area contributed by atoms with Gasteiger partial charge in [0, 0.05) is 50.4 Å². The second kappa shape index (κ2) is 7.16. The molecule has 4 heterocycles. The van der Waals surface area contributed by atoms with Gasteiger partial charge in [0.25, 0.3) is 0 Å². The normalized spacial score (nSPS) is 21.6. The van der Waals surface area contributed by atoms with Crippen LogP contribution in [0.15, 0.2) is 12.4 Å². The fourth-order valence-electron chi connectivity index (χ4n) is 4.81. The number of amides is 1. The Kier molecular flexibility index (Phi) is 4.50. The first-order valence-corrected chi connectivity index (χ1v) is 10.3. The molecule has 0 radical (unpaired) electrons. The molecule has 1 N–H and O–H groups in total. The maximum Gasteiger partial charge on any atom is 0.217 e. The SMILES string of the molecule is CC(=O)N[C@H]1CCN(Cc2cc3n(n2)CCN(c2ncnc4c2CCC4)C3)C1. The van der Waals surface area contributed by atoms with Crippen LogP contribution in [0.25, 0.3) is 0 Å². The van der Waals surface area contributed by atoms with Crippen LogP contribution in [0.2, 0.25) is 0 Å². The van der Waals surface area contributed by atoms with E-state index in [1.54, 1.807) is 13.3 Å². The minimum atomic E-state index is 0.0561. The lowest BCUT2D eigenvalue weighted by Crippen LogP contribution is -2.35. The van der Waals surface area contributed by atoms with Crippen molar-refractivity contribution in [3.63, 3.8) is 0 Å². The zero-order chi connectivity index (χ0) is 19.1. The summed E-state index contributed by atoms with van der Waals surface area (Å²) < 4.78 is 2.15. The number of nitrogens with one attached hydrogen (secondary N) is 1. The van der Waals surface area contributed by atoms with Gasteiger partial charge in [-0.25, -0.2) is 9.97 Å². The minimum absolute atomic E-state index is 0.0561. The van der Waals surface area contributed by atoms with Crippen LogP contribution >= 0.6 is 0 Å². The molecule has 1 fully saturated rings. The molecule has 0 saturated carbocycles. The lowest BCUT2D eigenvalue weighted by Gasteiger charge is -2.29. The van der Waals surface area contributed by atoms with Crippen molar-refractivity contribution in [1.29, 1.82) is 0 Å². The van der Waals surface area contributed by atoms with Crippen LogP contribution in [0.5, 0.6) is 0 Å². The molecule has 1 atom stereocenters. The van der Waals surface area contributed by atoms with E-state index in [4.69, 9.17) is 5.10 Å². The number of nitrogens with zero attached hydrogens (tertiary/aromatic N) is 6. The largest absolute Gasteiger partial charge is 0.352 e. The molecule has 0 aromatic carbocycles. The summed E-state index contributed by atoms with van der Waals surface area (Å²) in [6, 6.07) is 2.50. The Balaban J connectivity index is 1.26. The van der Waals surface area contributed by atoms with E-state index in [0.717, 1.165) is 70.0 Å². The van der Waals surface area contributed by atoms with Crippen molar-refractivity contribution in [2.45, 2.75) is 58.3 Å². The van der Waals surface area contributed by atoms with Crippen LogP contribution in [-0.4, -0.2) is 56.2 Å². The van der Waals surface area contributed by atoms with Crippen LogP contribution in [-0.2, 0) is 37.3 Å². The molecule has 5 rings (SSSR count). The molecule has 2 aliphatic heterocycles. The Bertz CT molecular complexity index is 893. The Morgan fingerprint density at radius 2 is 2.18 bits per heavy atom. The van der Waals surface area contributed by atoms with Gasteiger partial charge >= 0.3 is 0 Å². The van der Waals surface area contributed by atoms with E-state index in [9.17, 15) is 4.79 Å². The number of anilines is 1. The number of likely N-dealkylation sites (tertiary alicyclic amines) is 1. The van der Waals surface area contributed by atoms with Gasteiger partial charge in [-0.05, 0) is 31.7 Å². The molecule has 0 bridgehead atoms. The summed E-state index contributed by atoms with van der Waals surface area (Å²) in [5.74, 6) is 1.18. The Morgan fingerprint density at radius 3 is 3.07 bits per heavy atom. The molecule has 2 aromatic rings. The van der Waals surface area contributed by atoms with Crippen molar-refractivity contribution in [2.24, 2.45) is 0 Å². The molecule has 0 spiro atoms. The van der Waals surface area contributed by atoms with Crippen LogP contribution < -0.4 is 10.2 Å². The maximum atomic E-state index is 11.3. The number of hydrogen-bond donors (Lipinski definition) is 1. The van der Waals surface area contributed by atoms with Crippen molar-refractivity contribution in [3.8, 4) is 0 Å². The van der Waals surface area contributed by atoms with Gasteiger partial charge in [0.15, 0.2) is 0 Å². The van der Waals surface area contributed by atoms with Gasteiger partial charge < -0.3 is 10.2 Å². The highest BCUT2D eigenvalue weighted by Gasteiger charge is 2.27. The summed E-state index contributed by atoms with van der Waals surface area (Å²) in [4.78, 5) is 25.1. The van der Waals surface area contributed by atoms with E-state index in [2.05, 4.69) is 35.8 Å². The Labute approximate surface area is 164 Å². The van der Waals surface area contributed by atoms with Crippen molar-refractivity contribution in [3.05, 3.63) is 35.0 Å². The number of rotatable bonds is 4. The van der Waals surface area contributed by atoms with Crippen molar-refractivity contribution in [1.82, 2.24) is 30.0 Å². The molecule has 148 valence electrons. The number of aryl methyl sites for hydroxylation is 1. The third kappa shape index (κ3) is 3.37. The summed E-state index contributed by atoms with van der Waals surface area (Å²) in [6.45, 7) is 7.02. The first-order chi connectivity index (χ1) is 13.7. The Hall–Kier alpha value is -2.48. The van der Waals surface area contributed by atoms with E-state index in [0.29, 0.717) is 0 Å². The molecule has 1 saturated heterocycles. The average molecular weight is 381 g/mol. The first-order valence-electron chi connectivity index (χ1n) is 10.3. The molecule has 0 unspecified atom stereocenters. The van der Waals surface area contributed by atoms with E-state index in [1.165, 1.54) is 23.4 Å². The zero-order valence-corrected chi connectivity index (χ0v) is 16.4. The minimum Gasteiger partial charge on any atom is -0.352 e. The monoisotopic (exact) mass is 381 g/mol. The third-order valence-corrected chi connectivity index (χ3v) is 6.07. The molecule has 1 amide bonds. The van der Waals surface area contributed by atoms with Gasteiger partial charge in [-0.3, -0.25) is 14.4 Å². The number of aromatic nitrogens is 4. The predicted molar refractivity (Wildman–Crippen MR) is 105 cm³/mol. The fraction of sp³-hybridized carbons (Fsp3) is 0.600. The molecule has 2 aromatic heterocycles. The van der Waals surface area contributed by atoms with Crippen LogP contribution in [0.3, 0.4) is 0 Å². The molecule has 3 aliphatic rings. The van der Waals surface area contributed by atoms with Gasteiger partial charge in [0.1, 0.15) is 12.1 Å². The van der Waals surface area contributed by atoms with Crippen molar-refractivity contribution < 1.29 is 4.79 Å². The lowest BCUT2D eigenvalue weighted by molar-refractivity contribution is -0.119. The van der Waals surface area contributed by atoms with Gasteiger partial charge in [0.05, 0.1) is 24.5 Å². The number of fused-ring (bicyclic) bond motifs is 2. The van der Waals surface area contributed by atoms with E-state index >= 15 is 0 Å². The summed E-state index contributed by atoms with van der Waals surface area (Å²) in [5, 5.41) is 7.85. The smallest absolute Gasteiger partial charge is 0.217 e. The second-order valence-electron chi connectivity index (χ2n) is 8.17. The standard InChI is InChI=1S/C20H27N7O/c1-14(28)23-15-5-6-25(10-15)11-16-9-17-12-26(7-8-27(17)24-16)20-18-3-2-4-19(18)21-13-22-20/h9,13,15H,2-8,10-12H2,1H3,(H,23,28)/t15-/m0/s1. The summed E-state index contributed by atoms with van der Waals surface area (Å²) in [7, 11) is 0. The number of hydrogen-bond acceptors (Lipinski definition) is 6. The third-order valence-electron chi connectivity index (χ3n) is 6.07. The average Bonchev–Trinajstić information content (AvgIpc) is 3.39. The van der Waals surface area contributed by atoms with Gasteiger partial charge in [-0.15, -0.1) is 0 Å². The maximum absolute atomic E-state index is 11.3. The van der Waals surface area contributed by atoms with Crippen LogP contribution in [0.4, 0.5) is 5.82 Å². The highest BCUT2D eigenvalue weighted by molar-refractivity contribution is 5.73. The number of carbonyl (C=O) groups is 1. The van der Waals surface area contributed by atoms with Gasteiger partial charge in [0.2, 0.25) is 5.91 Å². The molecule has 8 nitrogen and oxygen atoms in total. The summed E-state index contributed by atoms with van der Waals surface area (Å²) in [5.41, 5.74) is 4.95. The summed E-state index contributed by atoms with van der Waals surface area (Å²) >= 11 is 0. The lowest BCUT2D eigenvalue weighted by atomic mass is 10.2. The molecule has 8 heteroatoms. The van der Waals surface area contributed by atoms with Gasteiger partial charge in [-0.2, -0.15) is 5.10 Å². The zero-order valence-electron chi connectivity index (χ0n) is 16.4. The second-order valence-corrected chi connectivity index (χ2v) is 8.17. The van der Waals surface area contributed by atoms with Crippen LogP contribution in [0.1, 0.15) is 42.4 Å². The highest BCUT2D eigenvalue weighted by Crippen LogP contribution is 2.30. The molecule has 28 heavy (non-hydrogen) atoms. The summed E-state index contributed by atoms with van der Waals surface area (Å²) in [6.07, 6.45) is 6.09. The Morgan fingerprint density at radius 1 is 1.25 bits per heavy atom. The van der Waals surface area contributed by atoms with Crippen molar-refractivity contribution in [2.75, 3.05) is 24.5 Å². The first kappa shape index (κ1) is 17.6. The van der Waals surface area contributed by atoms with E-state index < -0.39 is 0 Å². The van der Waals surface area contributed by atoms with Crippen molar-refractivity contribution >= 4 is 11.7 Å². The number of carbonyl (C=O) groups excluding carboxylic acids is 1. The predicted octanol–water partition coefficient (Wildman–Crippen LogP) is 0.892.